The van der Waals surface area contributed by atoms with Crippen LogP contribution in [0, 0.1) is 11.7 Å². The number of hydrogen-bond acceptors (Lipinski definition) is 1. The molecular weight excluding hydrogens is 305 g/mol. The lowest BCUT2D eigenvalue weighted by Gasteiger charge is -2.26. The first-order valence-electron chi connectivity index (χ1n) is 7.30. The van der Waals surface area contributed by atoms with Crippen molar-refractivity contribution >= 4 is 15.9 Å². The minimum absolute atomic E-state index is 0.183. The maximum Gasteiger partial charge on any atom is 0.137 e. The summed E-state index contributed by atoms with van der Waals surface area (Å²) in [6, 6.07) is 5.85. The molecule has 1 unspecified atom stereocenters. The van der Waals surface area contributed by atoms with Crippen molar-refractivity contribution in [3.63, 3.8) is 0 Å². The average Bonchev–Trinajstić information content (AvgIpc) is 2.43. The summed E-state index contributed by atoms with van der Waals surface area (Å²) in [6.45, 7) is 0. The molecule has 0 aromatic heterocycles. The Morgan fingerprint density at radius 1 is 1.32 bits per heavy atom. The molecule has 0 radical (unpaired) electrons. The first-order valence-corrected chi connectivity index (χ1v) is 8.09. The van der Waals surface area contributed by atoms with Gasteiger partial charge in [0, 0.05) is 6.04 Å². The Morgan fingerprint density at radius 2 is 2.05 bits per heavy atom. The molecule has 0 spiro atoms. The van der Waals surface area contributed by atoms with E-state index in [-0.39, 0.29) is 5.82 Å². The van der Waals surface area contributed by atoms with Crippen molar-refractivity contribution in [2.24, 2.45) is 5.92 Å². The third-order valence-electron chi connectivity index (χ3n) is 4.22. The monoisotopic (exact) mass is 327 g/mol. The topological polar surface area (TPSA) is 12.0 Å². The van der Waals surface area contributed by atoms with Gasteiger partial charge in [-0.1, -0.05) is 38.2 Å². The summed E-state index contributed by atoms with van der Waals surface area (Å²) in [4.78, 5) is 0. The van der Waals surface area contributed by atoms with Crippen molar-refractivity contribution in [2.45, 2.75) is 51.0 Å². The van der Waals surface area contributed by atoms with Crippen molar-refractivity contribution in [3.05, 3.63) is 34.1 Å². The van der Waals surface area contributed by atoms with Gasteiger partial charge in [-0.2, -0.15) is 0 Å². The smallest absolute Gasteiger partial charge is 0.137 e. The van der Waals surface area contributed by atoms with Crippen LogP contribution < -0.4 is 5.32 Å². The summed E-state index contributed by atoms with van der Waals surface area (Å²) >= 11 is 3.26. The fraction of sp³-hybridized carbons (Fsp3) is 0.625. The molecule has 1 aliphatic rings. The maximum absolute atomic E-state index is 13.2. The predicted molar refractivity (Wildman–Crippen MR) is 81.8 cm³/mol. The molecule has 106 valence electrons. The number of likely N-dealkylation sites (N-methyl/N-ethyl adjacent to an activating group) is 1. The third-order valence-corrected chi connectivity index (χ3v) is 4.82. The average molecular weight is 328 g/mol. The molecule has 0 heterocycles. The van der Waals surface area contributed by atoms with Crippen molar-refractivity contribution < 1.29 is 4.39 Å². The Hall–Kier alpha value is -0.410. The maximum atomic E-state index is 13.2. The van der Waals surface area contributed by atoms with Crippen LogP contribution in [-0.2, 0) is 6.42 Å². The summed E-state index contributed by atoms with van der Waals surface area (Å²) in [5, 5.41) is 3.42. The van der Waals surface area contributed by atoms with Crippen LogP contribution in [0.3, 0.4) is 0 Å². The number of benzene rings is 1. The Morgan fingerprint density at radius 3 is 2.68 bits per heavy atom. The lowest BCUT2D eigenvalue weighted by Crippen LogP contribution is -2.30. The van der Waals surface area contributed by atoms with Gasteiger partial charge >= 0.3 is 0 Å². The zero-order valence-corrected chi connectivity index (χ0v) is 13.2. The van der Waals surface area contributed by atoms with Crippen LogP contribution in [-0.4, -0.2) is 13.1 Å². The predicted octanol–water partition coefficient (Wildman–Crippen LogP) is 4.69. The van der Waals surface area contributed by atoms with E-state index < -0.39 is 0 Å². The van der Waals surface area contributed by atoms with E-state index in [1.807, 2.05) is 19.2 Å². The molecule has 1 atom stereocenters. The van der Waals surface area contributed by atoms with Crippen LogP contribution in [0.2, 0.25) is 0 Å². The lowest BCUT2D eigenvalue weighted by molar-refractivity contribution is 0.302. The summed E-state index contributed by atoms with van der Waals surface area (Å²) in [6.07, 6.45) is 9.17. The van der Waals surface area contributed by atoms with Gasteiger partial charge in [-0.15, -0.1) is 0 Å². The molecule has 0 saturated heterocycles. The summed E-state index contributed by atoms with van der Waals surface area (Å²) in [7, 11) is 2.03. The van der Waals surface area contributed by atoms with E-state index in [0.717, 1.165) is 12.3 Å². The van der Waals surface area contributed by atoms with Crippen LogP contribution in [0.25, 0.3) is 0 Å². The van der Waals surface area contributed by atoms with Crippen LogP contribution >= 0.6 is 15.9 Å². The molecule has 1 aliphatic carbocycles. The highest BCUT2D eigenvalue weighted by Gasteiger charge is 2.18. The molecule has 1 fully saturated rings. The van der Waals surface area contributed by atoms with Crippen LogP contribution in [0.15, 0.2) is 22.7 Å². The molecule has 1 aromatic rings. The Kier molecular flexibility index (Phi) is 5.83. The summed E-state index contributed by atoms with van der Waals surface area (Å²) < 4.78 is 13.8. The second-order valence-corrected chi connectivity index (χ2v) is 6.53. The molecule has 1 saturated carbocycles. The van der Waals surface area contributed by atoms with E-state index in [9.17, 15) is 4.39 Å². The van der Waals surface area contributed by atoms with Crippen LogP contribution in [0.1, 0.15) is 44.1 Å². The van der Waals surface area contributed by atoms with Crippen LogP contribution in [0.4, 0.5) is 4.39 Å². The van der Waals surface area contributed by atoms with E-state index in [1.165, 1.54) is 44.1 Å². The number of nitrogens with one attached hydrogen (secondary N) is 1. The standard InChI is InChI=1S/C16H23BrFN/c1-19-14(9-12-5-3-2-4-6-12)10-13-7-8-16(18)15(17)11-13/h7-8,11-12,14,19H,2-6,9-10H2,1H3. The molecule has 2 rings (SSSR count). The van der Waals surface area contributed by atoms with E-state index in [1.54, 1.807) is 6.07 Å². The number of rotatable bonds is 5. The van der Waals surface area contributed by atoms with E-state index in [4.69, 9.17) is 0 Å². The Bertz CT molecular complexity index is 402. The first kappa shape index (κ1) is 15.0. The van der Waals surface area contributed by atoms with Crippen molar-refractivity contribution in [1.29, 1.82) is 0 Å². The Labute approximate surface area is 124 Å². The molecule has 1 N–H and O–H groups in total. The molecule has 3 heteroatoms. The fourth-order valence-corrected chi connectivity index (χ4v) is 3.51. The lowest BCUT2D eigenvalue weighted by atomic mass is 9.83. The molecule has 0 bridgehead atoms. The van der Waals surface area contributed by atoms with Gasteiger partial charge in [0.25, 0.3) is 0 Å². The van der Waals surface area contributed by atoms with Gasteiger partial charge in [0.15, 0.2) is 0 Å². The fourth-order valence-electron chi connectivity index (χ4n) is 3.08. The second kappa shape index (κ2) is 7.39. The van der Waals surface area contributed by atoms with Crippen LogP contribution in [0.5, 0.6) is 0 Å². The second-order valence-electron chi connectivity index (χ2n) is 5.68. The minimum Gasteiger partial charge on any atom is -0.317 e. The zero-order valence-electron chi connectivity index (χ0n) is 11.6. The van der Waals surface area contributed by atoms with E-state index in [0.29, 0.717) is 10.5 Å². The molecule has 0 aliphatic heterocycles. The van der Waals surface area contributed by atoms with Gasteiger partial charge in [-0.3, -0.25) is 0 Å². The quantitative estimate of drug-likeness (QED) is 0.827. The van der Waals surface area contributed by atoms with Gasteiger partial charge in [-0.25, -0.2) is 4.39 Å². The summed E-state index contributed by atoms with van der Waals surface area (Å²) in [5.74, 6) is 0.687. The molecule has 1 nitrogen and oxygen atoms in total. The SMILES string of the molecule is CNC(Cc1ccc(F)c(Br)c1)CC1CCCCC1. The minimum atomic E-state index is -0.183. The third kappa shape index (κ3) is 4.57. The molecular formula is C16H23BrFN. The highest BCUT2D eigenvalue weighted by Crippen LogP contribution is 2.28. The molecule has 0 amide bonds. The van der Waals surface area contributed by atoms with Crippen molar-refractivity contribution in [1.82, 2.24) is 5.32 Å². The normalized spacial score (nSPS) is 18.5. The van der Waals surface area contributed by atoms with E-state index in [2.05, 4.69) is 21.2 Å². The van der Waals surface area contributed by atoms with Gasteiger partial charge in [0.2, 0.25) is 0 Å². The first-order chi connectivity index (χ1) is 9.19. The van der Waals surface area contributed by atoms with Crippen molar-refractivity contribution in [2.75, 3.05) is 7.05 Å². The summed E-state index contributed by atoms with van der Waals surface area (Å²) in [5.41, 5.74) is 1.20. The number of hydrogen-bond donors (Lipinski definition) is 1. The number of halogens is 2. The highest BCUT2D eigenvalue weighted by molar-refractivity contribution is 9.10. The van der Waals surface area contributed by atoms with Gasteiger partial charge in [-0.05, 0) is 59.4 Å². The van der Waals surface area contributed by atoms with Gasteiger partial charge in [0.05, 0.1) is 4.47 Å². The van der Waals surface area contributed by atoms with Crippen molar-refractivity contribution in [3.8, 4) is 0 Å². The van der Waals surface area contributed by atoms with E-state index >= 15 is 0 Å². The largest absolute Gasteiger partial charge is 0.317 e. The zero-order chi connectivity index (χ0) is 13.7. The van der Waals surface area contributed by atoms with Gasteiger partial charge in [0.1, 0.15) is 5.82 Å². The highest BCUT2D eigenvalue weighted by atomic mass is 79.9. The van der Waals surface area contributed by atoms with Gasteiger partial charge < -0.3 is 5.32 Å². The molecule has 19 heavy (non-hydrogen) atoms. The Balaban J connectivity index is 1.92. The molecule has 1 aromatic carbocycles.